The van der Waals surface area contributed by atoms with Crippen molar-refractivity contribution in [1.82, 2.24) is 5.32 Å². The van der Waals surface area contributed by atoms with Gasteiger partial charge in [-0.05, 0) is 12.5 Å². The second-order valence-corrected chi connectivity index (χ2v) is 5.33. The van der Waals surface area contributed by atoms with Gasteiger partial charge in [0.25, 0.3) is 0 Å². The Morgan fingerprint density at radius 3 is 2.88 bits per heavy atom. The third-order valence-electron chi connectivity index (χ3n) is 4.37. The molecule has 0 radical (unpaired) electrons. The van der Waals surface area contributed by atoms with Crippen LogP contribution in [0.4, 0.5) is 0 Å². The van der Waals surface area contributed by atoms with Crippen LogP contribution in [0.5, 0.6) is 0 Å². The summed E-state index contributed by atoms with van der Waals surface area (Å²) in [7, 11) is 0. The highest BCUT2D eigenvalue weighted by molar-refractivity contribution is 5.76. The zero-order chi connectivity index (χ0) is 11.5. The lowest BCUT2D eigenvalue weighted by Crippen LogP contribution is -2.45. The highest BCUT2D eigenvalue weighted by Gasteiger charge is 2.47. The second-order valence-electron chi connectivity index (χ2n) is 5.33. The minimum Gasteiger partial charge on any atom is -0.375 e. The Morgan fingerprint density at radius 1 is 1.12 bits per heavy atom. The highest BCUT2D eigenvalue weighted by Crippen LogP contribution is 2.50. The van der Waals surface area contributed by atoms with Crippen molar-refractivity contribution in [2.24, 2.45) is 11.8 Å². The van der Waals surface area contributed by atoms with Crippen LogP contribution in [-0.2, 0) is 5.54 Å². The fraction of sp³-hybridized carbons (Fsp3) is 0.250. The van der Waals surface area contributed by atoms with Crippen molar-refractivity contribution >= 4 is 5.70 Å². The van der Waals surface area contributed by atoms with Gasteiger partial charge >= 0.3 is 0 Å². The Bertz CT molecular complexity index is 579. The predicted octanol–water partition coefficient (Wildman–Crippen LogP) is 3.22. The predicted molar refractivity (Wildman–Crippen MR) is 70.2 cm³/mol. The smallest absolute Gasteiger partial charge is 0.0675 e. The van der Waals surface area contributed by atoms with E-state index in [0.29, 0.717) is 11.8 Å². The van der Waals surface area contributed by atoms with Crippen LogP contribution in [0.15, 0.2) is 54.6 Å². The normalized spacial score (nSPS) is 35.9. The molecule has 3 atom stereocenters. The average molecular weight is 221 g/mol. The van der Waals surface area contributed by atoms with Gasteiger partial charge in [-0.25, -0.2) is 0 Å². The van der Waals surface area contributed by atoms with Crippen molar-refractivity contribution in [3.63, 3.8) is 0 Å². The first-order valence-corrected chi connectivity index (χ1v) is 6.24. The molecule has 1 aromatic carbocycles. The van der Waals surface area contributed by atoms with Gasteiger partial charge in [-0.2, -0.15) is 0 Å². The Labute approximate surface area is 102 Å². The summed E-state index contributed by atoms with van der Waals surface area (Å²) in [5, 5.41) is 3.71. The molecule has 17 heavy (non-hydrogen) atoms. The molecular weight excluding hydrogens is 206 g/mol. The zero-order valence-electron chi connectivity index (χ0n) is 9.85. The fourth-order valence-electron chi connectivity index (χ4n) is 3.53. The summed E-state index contributed by atoms with van der Waals surface area (Å²) in [5.41, 5.74) is 4.20. The molecule has 4 rings (SSSR count). The molecule has 2 heterocycles. The quantitative estimate of drug-likeness (QED) is 0.709. The minimum atomic E-state index is 0.0621. The van der Waals surface area contributed by atoms with Crippen LogP contribution in [0.3, 0.4) is 0 Å². The van der Waals surface area contributed by atoms with E-state index in [1.54, 1.807) is 0 Å². The van der Waals surface area contributed by atoms with Gasteiger partial charge in [0.05, 0.1) is 5.54 Å². The summed E-state index contributed by atoms with van der Waals surface area (Å²) >= 11 is 0. The van der Waals surface area contributed by atoms with Crippen molar-refractivity contribution in [3.05, 3.63) is 65.8 Å². The molecule has 0 spiro atoms. The number of fused-ring (bicyclic) bond motifs is 7. The Morgan fingerprint density at radius 2 is 1.94 bits per heavy atom. The average Bonchev–Trinajstić information content (AvgIpc) is 2.61. The molecule has 2 bridgehead atoms. The molecule has 1 aromatic rings. The summed E-state index contributed by atoms with van der Waals surface area (Å²) in [4.78, 5) is 0. The van der Waals surface area contributed by atoms with Crippen molar-refractivity contribution in [2.75, 3.05) is 0 Å². The van der Waals surface area contributed by atoms with Gasteiger partial charge in [0.1, 0.15) is 0 Å². The zero-order valence-corrected chi connectivity index (χ0v) is 9.85. The lowest BCUT2D eigenvalue weighted by molar-refractivity contribution is 0.278. The van der Waals surface area contributed by atoms with Gasteiger partial charge in [-0.15, -0.1) is 0 Å². The third kappa shape index (κ3) is 1.04. The van der Waals surface area contributed by atoms with E-state index in [2.05, 4.69) is 66.9 Å². The Hall–Kier alpha value is -1.76. The number of allylic oxidation sites excluding steroid dienone is 4. The van der Waals surface area contributed by atoms with Crippen molar-refractivity contribution in [2.45, 2.75) is 12.5 Å². The lowest BCUT2D eigenvalue weighted by atomic mass is 9.71. The molecule has 0 aromatic heterocycles. The van der Waals surface area contributed by atoms with Crippen LogP contribution >= 0.6 is 0 Å². The topological polar surface area (TPSA) is 12.0 Å². The largest absolute Gasteiger partial charge is 0.375 e. The first-order valence-electron chi connectivity index (χ1n) is 6.24. The van der Waals surface area contributed by atoms with E-state index in [9.17, 15) is 0 Å². The molecule has 0 amide bonds. The van der Waals surface area contributed by atoms with Gasteiger partial charge in [0.2, 0.25) is 0 Å². The number of nitrogens with one attached hydrogen (secondary N) is 1. The van der Waals surface area contributed by atoms with Gasteiger partial charge in [0, 0.05) is 23.1 Å². The monoisotopic (exact) mass is 221 g/mol. The third-order valence-corrected chi connectivity index (χ3v) is 4.37. The Balaban J connectivity index is 2.00. The number of hydrogen-bond acceptors (Lipinski definition) is 1. The van der Waals surface area contributed by atoms with Crippen molar-refractivity contribution < 1.29 is 0 Å². The van der Waals surface area contributed by atoms with E-state index >= 15 is 0 Å². The summed E-state index contributed by atoms with van der Waals surface area (Å²) in [6.07, 6.45) is 11.4. The molecule has 3 unspecified atom stereocenters. The van der Waals surface area contributed by atoms with E-state index in [4.69, 9.17) is 0 Å². The first-order chi connectivity index (χ1) is 8.29. The molecule has 0 saturated heterocycles. The highest BCUT2D eigenvalue weighted by atomic mass is 15.0. The van der Waals surface area contributed by atoms with Crippen molar-refractivity contribution in [1.29, 1.82) is 0 Å². The molecule has 1 heteroatoms. The maximum absolute atomic E-state index is 3.71. The molecule has 84 valence electrons. The van der Waals surface area contributed by atoms with Crippen molar-refractivity contribution in [3.8, 4) is 0 Å². The van der Waals surface area contributed by atoms with Crippen LogP contribution in [0.25, 0.3) is 5.70 Å². The molecular formula is C16H15N. The van der Waals surface area contributed by atoms with Gasteiger partial charge in [-0.3, -0.25) is 0 Å². The lowest BCUT2D eigenvalue weighted by Gasteiger charge is -2.40. The number of hydrogen-bond donors (Lipinski definition) is 1. The minimum absolute atomic E-state index is 0.0621. The van der Waals surface area contributed by atoms with Crippen LogP contribution in [0.2, 0.25) is 0 Å². The van der Waals surface area contributed by atoms with Gasteiger partial charge < -0.3 is 5.32 Å². The SMILES string of the molecule is CC12NC(=CC3C=CC=CC31)c1ccccc12. The first kappa shape index (κ1) is 9.29. The summed E-state index contributed by atoms with van der Waals surface area (Å²) in [6.45, 7) is 2.33. The molecule has 0 saturated carbocycles. The van der Waals surface area contributed by atoms with E-state index in [1.807, 2.05) is 0 Å². The van der Waals surface area contributed by atoms with E-state index in [1.165, 1.54) is 16.8 Å². The number of rotatable bonds is 0. The molecule has 0 fully saturated rings. The molecule has 1 N–H and O–H groups in total. The van der Waals surface area contributed by atoms with Crippen LogP contribution < -0.4 is 5.32 Å². The Kier molecular flexibility index (Phi) is 1.60. The van der Waals surface area contributed by atoms with E-state index in [0.717, 1.165) is 0 Å². The second kappa shape index (κ2) is 2.92. The molecule has 2 aliphatic heterocycles. The van der Waals surface area contributed by atoms with E-state index in [-0.39, 0.29) is 5.54 Å². The summed E-state index contributed by atoms with van der Waals surface area (Å²) in [5.74, 6) is 1.06. The van der Waals surface area contributed by atoms with Crippen LogP contribution in [0.1, 0.15) is 18.1 Å². The fourth-order valence-corrected chi connectivity index (χ4v) is 3.53. The maximum Gasteiger partial charge on any atom is 0.0675 e. The molecule has 1 aliphatic carbocycles. The maximum atomic E-state index is 3.71. The summed E-state index contributed by atoms with van der Waals surface area (Å²) in [6, 6.07) is 8.76. The van der Waals surface area contributed by atoms with Gasteiger partial charge in [0.15, 0.2) is 0 Å². The molecule has 3 aliphatic rings. The standard InChI is InChI=1S/C16H15N/c1-16-13-8-4-2-6-11(13)10-15(17-16)12-7-3-5-9-14(12)16/h2-11,13,17H,1H3. The van der Waals surface area contributed by atoms with E-state index < -0.39 is 0 Å². The summed E-state index contributed by atoms with van der Waals surface area (Å²) < 4.78 is 0. The van der Waals surface area contributed by atoms with Crippen LogP contribution in [-0.4, -0.2) is 0 Å². The number of benzene rings is 1. The van der Waals surface area contributed by atoms with Gasteiger partial charge in [-0.1, -0.05) is 54.6 Å². The molecule has 1 nitrogen and oxygen atoms in total. The van der Waals surface area contributed by atoms with Crippen LogP contribution in [0, 0.1) is 11.8 Å².